The average Bonchev–Trinajstić information content (AvgIpc) is 2.90. The van der Waals surface area contributed by atoms with Gasteiger partial charge < -0.3 is 9.84 Å². The van der Waals surface area contributed by atoms with E-state index in [-0.39, 0.29) is 12.4 Å². The fourth-order valence-corrected chi connectivity index (χ4v) is 3.66. The minimum Gasteiger partial charge on any atom is -0.508 e. The molecule has 0 saturated carbocycles. The summed E-state index contributed by atoms with van der Waals surface area (Å²) in [6, 6.07) is 16.1. The topological polar surface area (TPSA) is 32.7 Å². The molecule has 2 aromatic rings. The van der Waals surface area contributed by atoms with Crippen LogP contribution in [0.2, 0.25) is 0 Å². The largest absolute Gasteiger partial charge is 0.508 e. The first-order valence-corrected chi connectivity index (χ1v) is 7.52. The Morgan fingerprint density at radius 1 is 1.05 bits per heavy atom. The van der Waals surface area contributed by atoms with Crippen molar-refractivity contribution in [3.63, 3.8) is 0 Å². The quantitative estimate of drug-likeness (QED) is 0.921. The van der Waals surface area contributed by atoms with Crippen LogP contribution in [0.5, 0.6) is 11.5 Å². The summed E-state index contributed by atoms with van der Waals surface area (Å²) in [6.07, 6.45) is 0. The summed E-state index contributed by atoms with van der Waals surface area (Å²) in [4.78, 5) is 2.47. The predicted octanol–water partition coefficient (Wildman–Crippen LogP) is 3.42. The predicted molar refractivity (Wildman–Crippen MR) is 88.8 cm³/mol. The Hall–Kier alpha value is -1.71. The van der Waals surface area contributed by atoms with Crippen LogP contribution >= 0.6 is 12.4 Å². The molecule has 0 radical (unpaired) electrons. The molecule has 0 aliphatic carbocycles. The maximum absolute atomic E-state index is 10.2. The van der Waals surface area contributed by atoms with E-state index in [0.29, 0.717) is 17.6 Å². The highest BCUT2D eigenvalue weighted by Gasteiger charge is 2.40. The van der Waals surface area contributed by atoms with Crippen molar-refractivity contribution in [3.05, 3.63) is 59.7 Å². The molecule has 0 bridgehead atoms. The number of halogens is 1. The van der Waals surface area contributed by atoms with E-state index in [1.54, 1.807) is 6.07 Å². The lowest BCUT2D eigenvalue weighted by Crippen LogP contribution is -2.25. The molecule has 1 fully saturated rings. The zero-order valence-corrected chi connectivity index (χ0v) is 13.1. The summed E-state index contributed by atoms with van der Waals surface area (Å²) < 4.78 is 5.83. The van der Waals surface area contributed by atoms with Crippen molar-refractivity contribution in [3.8, 4) is 11.5 Å². The van der Waals surface area contributed by atoms with Crippen LogP contribution in [0.15, 0.2) is 48.5 Å². The van der Waals surface area contributed by atoms with Crippen LogP contribution in [-0.2, 0) is 6.54 Å². The third kappa shape index (κ3) is 2.67. The van der Waals surface area contributed by atoms with Crippen molar-refractivity contribution in [2.75, 3.05) is 19.7 Å². The molecule has 2 aliphatic heterocycles. The number of rotatable bonds is 2. The summed E-state index contributed by atoms with van der Waals surface area (Å²) in [6.45, 7) is 3.75. The normalized spacial score (nSPS) is 23.1. The monoisotopic (exact) mass is 317 g/mol. The molecular weight excluding hydrogens is 298 g/mol. The molecule has 2 heterocycles. The number of hydrogen-bond donors (Lipinski definition) is 1. The Kier molecular flexibility index (Phi) is 4.27. The van der Waals surface area contributed by atoms with Gasteiger partial charge in [-0.15, -0.1) is 12.4 Å². The molecule has 0 amide bonds. The number of fused-ring (bicyclic) bond motifs is 3. The highest BCUT2D eigenvalue weighted by molar-refractivity contribution is 5.85. The van der Waals surface area contributed by atoms with Crippen LogP contribution in [0.1, 0.15) is 17.0 Å². The van der Waals surface area contributed by atoms with Crippen molar-refractivity contribution in [1.82, 2.24) is 4.90 Å². The summed E-state index contributed by atoms with van der Waals surface area (Å²) >= 11 is 0. The molecule has 2 aliphatic rings. The van der Waals surface area contributed by atoms with Crippen molar-refractivity contribution in [2.45, 2.75) is 12.5 Å². The number of nitrogens with zero attached hydrogens (tertiary/aromatic N) is 1. The Morgan fingerprint density at radius 3 is 2.68 bits per heavy atom. The molecular formula is C18H20ClNO2. The van der Waals surface area contributed by atoms with Crippen LogP contribution < -0.4 is 4.74 Å². The zero-order valence-electron chi connectivity index (χ0n) is 12.3. The number of likely N-dealkylation sites (tertiary alicyclic amines) is 1. The van der Waals surface area contributed by atoms with Gasteiger partial charge in [-0.3, -0.25) is 4.90 Å². The van der Waals surface area contributed by atoms with Crippen LogP contribution in [0.25, 0.3) is 0 Å². The van der Waals surface area contributed by atoms with E-state index in [2.05, 4.69) is 35.2 Å². The maximum Gasteiger partial charge on any atom is 0.126 e. The molecule has 0 aromatic heterocycles. The standard InChI is InChI=1S/C18H19NO2.ClH/c20-16-7-4-8-17-18(16)15-11-19(10-14(15)12-21-17)9-13-5-2-1-3-6-13;/h1-8,14-15,20H,9-12H2;1H. The van der Waals surface area contributed by atoms with E-state index in [1.165, 1.54) is 5.56 Å². The number of benzene rings is 2. The lowest BCUT2D eigenvalue weighted by Gasteiger charge is -2.28. The van der Waals surface area contributed by atoms with Gasteiger partial charge in [-0.2, -0.15) is 0 Å². The Morgan fingerprint density at radius 2 is 1.86 bits per heavy atom. The summed E-state index contributed by atoms with van der Waals surface area (Å²) in [5, 5.41) is 10.2. The van der Waals surface area contributed by atoms with Gasteiger partial charge in [0.2, 0.25) is 0 Å². The number of hydrogen-bond acceptors (Lipinski definition) is 3. The lowest BCUT2D eigenvalue weighted by molar-refractivity contribution is 0.209. The first-order valence-electron chi connectivity index (χ1n) is 7.52. The second-order valence-electron chi connectivity index (χ2n) is 6.05. The van der Waals surface area contributed by atoms with Crippen LogP contribution in [0, 0.1) is 5.92 Å². The van der Waals surface area contributed by atoms with E-state index < -0.39 is 0 Å². The molecule has 1 saturated heterocycles. The minimum atomic E-state index is 0. The van der Waals surface area contributed by atoms with Gasteiger partial charge in [0.05, 0.1) is 6.61 Å². The smallest absolute Gasteiger partial charge is 0.126 e. The second kappa shape index (κ2) is 6.19. The Labute approximate surface area is 136 Å². The van der Waals surface area contributed by atoms with Gasteiger partial charge in [-0.25, -0.2) is 0 Å². The number of ether oxygens (including phenoxy) is 1. The molecule has 2 atom stereocenters. The second-order valence-corrected chi connectivity index (χ2v) is 6.05. The van der Waals surface area contributed by atoms with Gasteiger partial charge in [-0.05, 0) is 17.7 Å². The van der Waals surface area contributed by atoms with Gasteiger partial charge in [0.1, 0.15) is 11.5 Å². The minimum absolute atomic E-state index is 0. The fourth-order valence-electron chi connectivity index (χ4n) is 3.66. The fraction of sp³-hybridized carbons (Fsp3) is 0.333. The van der Waals surface area contributed by atoms with Crippen LogP contribution in [-0.4, -0.2) is 29.7 Å². The summed E-state index contributed by atoms with van der Waals surface area (Å²) in [5.74, 6) is 2.11. The number of phenols is 1. The summed E-state index contributed by atoms with van der Waals surface area (Å²) in [7, 11) is 0. The lowest BCUT2D eigenvalue weighted by atomic mass is 9.86. The van der Waals surface area contributed by atoms with Crippen molar-refractivity contribution < 1.29 is 9.84 Å². The molecule has 116 valence electrons. The van der Waals surface area contributed by atoms with Gasteiger partial charge in [-0.1, -0.05) is 36.4 Å². The highest BCUT2D eigenvalue weighted by Crippen LogP contribution is 2.45. The SMILES string of the molecule is Cl.Oc1cccc2c1C1CN(Cc3ccccc3)CC1CO2. The molecule has 2 unspecified atom stereocenters. The van der Waals surface area contributed by atoms with E-state index >= 15 is 0 Å². The summed E-state index contributed by atoms with van der Waals surface area (Å²) in [5.41, 5.74) is 2.35. The average molecular weight is 318 g/mol. The van der Waals surface area contributed by atoms with Gasteiger partial charge in [0.25, 0.3) is 0 Å². The van der Waals surface area contributed by atoms with E-state index in [0.717, 1.165) is 37.6 Å². The first kappa shape index (κ1) is 15.2. The third-order valence-electron chi connectivity index (χ3n) is 4.63. The number of phenolic OH excluding ortho intramolecular Hbond substituents is 1. The van der Waals surface area contributed by atoms with Crippen molar-refractivity contribution in [2.24, 2.45) is 5.92 Å². The third-order valence-corrected chi connectivity index (χ3v) is 4.63. The van der Waals surface area contributed by atoms with E-state index in [1.807, 2.05) is 12.1 Å². The van der Waals surface area contributed by atoms with Crippen molar-refractivity contribution in [1.29, 1.82) is 0 Å². The highest BCUT2D eigenvalue weighted by atomic mass is 35.5. The zero-order chi connectivity index (χ0) is 14.2. The molecule has 22 heavy (non-hydrogen) atoms. The van der Waals surface area contributed by atoms with Gasteiger partial charge in [0.15, 0.2) is 0 Å². The van der Waals surface area contributed by atoms with Crippen molar-refractivity contribution >= 4 is 12.4 Å². The molecule has 0 spiro atoms. The maximum atomic E-state index is 10.2. The molecule has 3 nitrogen and oxygen atoms in total. The van der Waals surface area contributed by atoms with Gasteiger partial charge >= 0.3 is 0 Å². The van der Waals surface area contributed by atoms with E-state index in [4.69, 9.17) is 4.74 Å². The molecule has 1 N–H and O–H groups in total. The molecule has 2 aromatic carbocycles. The van der Waals surface area contributed by atoms with Gasteiger partial charge in [0, 0.05) is 37.0 Å². The Balaban J connectivity index is 0.00000144. The van der Waals surface area contributed by atoms with Crippen LogP contribution in [0.4, 0.5) is 0 Å². The Bertz CT molecular complexity index is 647. The number of aromatic hydroxyl groups is 1. The van der Waals surface area contributed by atoms with Crippen LogP contribution in [0.3, 0.4) is 0 Å². The van der Waals surface area contributed by atoms with E-state index in [9.17, 15) is 5.11 Å². The molecule has 4 heteroatoms. The molecule has 4 rings (SSSR count). The first-order chi connectivity index (χ1) is 10.3.